The Morgan fingerprint density at radius 3 is 2.87 bits per heavy atom. The summed E-state index contributed by atoms with van der Waals surface area (Å²) in [6, 6.07) is 1.64. The van der Waals surface area contributed by atoms with Crippen molar-refractivity contribution in [3.63, 3.8) is 0 Å². The molecule has 2 rings (SSSR count). The lowest BCUT2D eigenvalue weighted by Crippen LogP contribution is -2.27. The minimum atomic E-state index is -0.685. The second-order valence-electron chi connectivity index (χ2n) is 5.43. The van der Waals surface area contributed by atoms with Gasteiger partial charge in [0, 0.05) is 12.2 Å². The summed E-state index contributed by atoms with van der Waals surface area (Å²) in [6.45, 7) is 4.40. The van der Waals surface area contributed by atoms with E-state index in [2.05, 4.69) is 4.74 Å². The predicted octanol–water partition coefficient (Wildman–Crippen LogP) is 2.00. The molecule has 1 aromatic heterocycles. The zero-order valence-electron chi connectivity index (χ0n) is 13.6. The predicted molar refractivity (Wildman–Crippen MR) is 79.0 cm³/mol. The maximum Gasteiger partial charge on any atom is 0.374 e. The molecule has 7 heteroatoms. The molecule has 0 N–H and O–H groups in total. The van der Waals surface area contributed by atoms with Crippen LogP contribution in [0.15, 0.2) is 10.5 Å². The second-order valence-corrected chi connectivity index (χ2v) is 5.43. The van der Waals surface area contributed by atoms with Crippen molar-refractivity contribution in [1.82, 2.24) is 0 Å². The average Bonchev–Trinajstić information content (AvgIpc) is 3.18. The molecule has 0 bridgehead atoms. The lowest BCUT2D eigenvalue weighted by molar-refractivity contribution is -0.159. The van der Waals surface area contributed by atoms with E-state index in [1.54, 1.807) is 19.9 Å². The molecule has 7 nitrogen and oxygen atoms in total. The first-order valence-corrected chi connectivity index (χ1v) is 7.58. The quantitative estimate of drug-likeness (QED) is 0.709. The van der Waals surface area contributed by atoms with Crippen molar-refractivity contribution in [2.75, 3.05) is 20.3 Å². The van der Waals surface area contributed by atoms with Gasteiger partial charge in [-0.05, 0) is 32.8 Å². The van der Waals surface area contributed by atoms with Crippen molar-refractivity contribution in [2.45, 2.75) is 45.5 Å². The van der Waals surface area contributed by atoms with E-state index in [0.29, 0.717) is 17.9 Å². The molecule has 1 aromatic rings. The number of aryl methyl sites for hydroxylation is 1. The van der Waals surface area contributed by atoms with Crippen LogP contribution in [-0.2, 0) is 30.3 Å². The monoisotopic (exact) mass is 326 g/mol. The van der Waals surface area contributed by atoms with Crippen LogP contribution in [0.25, 0.3) is 0 Å². The van der Waals surface area contributed by atoms with Crippen LogP contribution in [0.4, 0.5) is 0 Å². The number of ether oxygens (including phenoxy) is 4. The van der Waals surface area contributed by atoms with Gasteiger partial charge in [0.15, 0.2) is 6.10 Å². The Hall–Kier alpha value is -1.86. The van der Waals surface area contributed by atoms with E-state index in [1.807, 2.05) is 0 Å². The maximum atomic E-state index is 11.9. The summed E-state index contributed by atoms with van der Waals surface area (Å²) in [5, 5.41) is 0. The zero-order valence-corrected chi connectivity index (χ0v) is 13.6. The Kier molecular flexibility index (Phi) is 6.18. The highest BCUT2D eigenvalue weighted by atomic mass is 16.6. The highest BCUT2D eigenvalue weighted by molar-refractivity contribution is 5.87. The highest BCUT2D eigenvalue weighted by Crippen LogP contribution is 2.17. The van der Waals surface area contributed by atoms with E-state index >= 15 is 0 Å². The molecule has 23 heavy (non-hydrogen) atoms. The van der Waals surface area contributed by atoms with Crippen LogP contribution in [0, 0.1) is 6.92 Å². The van der Waals surface area contributed by atoms with Crippen LogP contribution in [0.2, 0.25) is 0 Å². The minimum absolute atomic E-state index is 0.0561. The second kappa shape index (κ2) is 8.12. The summed E-state index contributed by atoms with van der Waals surface area (Å²) < 4.78 is 25.9. The molecule has 1 fully saturated rings. The standard InChI is InChI=1S/C16H22O7/c1-10-7-13(23-14(10)16(18)19-3)9-22-15(17)11(2)21-8-12-5-4-6-20-12/h7,11-12H,4-6,8-9H2,1-3H3. The Labute approximate surface area is 134 Å². The van der Waals surface area contributed by atoms with E-state index in [-0.39, 0.29) is 18.5 Å². The summed E-state index contributed by atoms with van der Waals surface area (Å²) >= 11 is 0. The van der Waals surface area contributed by atoms with E-state index in [0.717, 1.165) is 19.4 Å². The molecule has 2 heterocycles. The zero-order chi connectivity index (χ0) is 16.8. The van der Waals surface area contributed by atoms with Crippen LogP contribution in [-0.4, -0.2) is 44.5 Å². The van der Waals surface area contributed by atoms with Gasteiger partial charge in [-0.2, -0.15) is 0 Å². The van der Waals surface area contributed by atoms with Crippen molar-refractivity contribution in [3.8, 4) is 0 Å². The van der Waals surface area contributed by atoms with Gasteiger partial charge in [0.25, 0.3) is 0 Å². The largest absolute Gasteiger partial charge is 0.463 e. The third-order valence-electron chi connectivity index (χ3n) is 3.58. The Bertz CT molecular complexity index is 543. The first kappa shape index (κ1) is 17.5. The molecule has 2 unspecified atom stereocenters. The molecule has 128 valence electrons. The lowest BCUT2D eigenvalue weighted by atomic mass is 10.2. The smallest absolute Gasteiger partial charge is 0.374 e. The summed E-state index contributed by atoms with van der Waals surface area (Å²) in [6.07, 6.45) is 1.34. The third kappa shape index (κ3) is 4.80. The Morgan fingerprint density at radius 2 is 2.22 bits per heavy atom. The molecule has 0 radical (unpaired) electrons. The molecular weight excluding hydrogens is 304 g/mol. The van der Waals surface area contributed by atoms with Crippen molar-refractivity contribution in [1.29, 1.82) is 0 Å². The fourth-order valence-corrected chi connectivity index (χ4v) is 2.27. The number of rotatable bonds is 7. The maximum absolute atomic E-state index is 11.9. The molecule has 1 saturated heterocycles. The number of hydrogen-bond donors (Lipinski definition) is 0. The molecule has 1 aliphatic rings. The fourth-order valence-electron chi connectivity index (χ4n) is 2.27. The van der Waals surface area contributed by atoms with Crippen LogP contribution < -0.4 is 0 Å². The Balaban J connectivity index is 1.78. The summed E-state index contributed by atoms with van der Waals surface area (Å²) in [4.78, 5) is 23.3. The number of hydrogen-bond acceptors (Lipinski definition) is 7. The van der Waals surface area contributed by atoms with Gasteiger partial charge in [0.1, 0.15) is 12.4 Å². The first-order valence-electron chi connectivity index (χ1n) is 7.58. The van der Waals surface area contributed by atoms with Crippen LogP contribution in [0.5, 0.6) is 0 Å². The normalized spacial score (nSPS) is 18.7. The molecule has 0 spiro atoms. The molecule has 2 atom stereocenters. The van der Waals surface area contributed by atoms with Crippen molar-refractivity contribution in [3.05, 3.63) is 23.2 Å². The highest BCUT2D eigenvalue weighted by Gasteiger charge is 2.22. The van der Waals surface area contributed by atoms with Crippen LogP contribution in [0.1, 0.15) is 41.6 Å². The summed E-state index contributed by atoms with van der Waals surface area (Å²) in [5.74, 6) is -0.561. The number of carbonyl (C=O) groups is 2. The van der Waals surface area contributed by atoms with Gasteiger partial charge in [-0.3, -0.25) is 0 Å². The van der Waals surface area contributed by atoms with Gasteiger partial charge in [-0.1, -0.05) is 0 Å². The Morgan fingerprint density at radius 1 is 1.43 bits per heavy atom. The third-order valence-corrected chi connectivity index (χ3v) is 3.58. The summed E-state index contributed by atoms with van der Waals surface area (Å²) in [7, 11) is 1.27. The fraction of sp³-hybridized carbons (Fsp3) is 0.625. The molecule has 1 aliphatic heterocycles. The van der Waals surface area contributed by atoms with Crippen molar-refractivity contribution < 1.29 is 33.0 Å². The van der Waals surface area contributed by atoms with Gasteiger partial charge in [0.2, 0.25) is 5.76 Å². The van der Waals surface area contributed by atoms with Crippen LogP contribution in [0.3, 0.4) is 0 Å². The molecular formula is C16H22O7. The molecule has 0 saturated carbocycles. The van der Waals surface area contributed by atoms with Crippen LogP contribution >= 0.6 is 0 Å². The van der Waals surface area contributed by atoms with Crippen molar-refractivity contribution in [2.24, 2.45) is 0 Å². The molecule has 0 amide bonds. The average molecular weight is 326 g/mol. The SMILES string of the molecule is COC(=O)c1oc(COC(=O)C(C)OCC2CCCO2)cc1C. The van der Waals surface area contributed by atoms with E-state index in [4.69, 9.17) is 18.6 Å². The number of methoxy groups -OCH3 is 1. The van der Waals surface area contributed by atoms with Gasteiger partial charge < -0.3 is 23.4 Å². The minimum Gasteiger partial charge on any atom is -0.463 e. The van der Waals surface area contributed by atoms with E-state index < -0.39 is 18.0 Å². The molecule has 0 aromatic carbocycles. The number of esters is 2. The van der Waals surface area contributed by atoms with E-state index in [1.165, 1.54) is 7.11 Å². The topological polar surface area (TPSA) is 84.2 Å². The summed E-state index contributed by atoms with van der Waals surface area (Å²) in [5.41, 5.74) is 0.630. The van der Waals surface area contributed by atoms with Gasteiger partial charge in [-0.25, -0.2) is 9.59 Å². The number of furan rings is 1. The van der Waals surface area contributed by atoms with Gasteiger partial charge in [0.05, 0.1) is 19.8 Å². The van der Waals surface area contributed by atoms with Gasteiger partial charge >= 0.3 is 11.9 Å². The van der Waals surface area contributed by atoms with Crippen molar-refractivity contribution >= 4 is 11.9 Å². The molecule has 0 aliphatic carbocycles. The number of carbonyl (C=O) groups excluding carboxylic acids is 2. The van der Waals surface area contributed by atoms with Gasteiger partial charge in [-0.15, -0.1) is 0 Å². The van der Waals surface area contributed by atoms with E-state index in [9.17, 15) is 9.59 Å². The lowest BCUT2D eigenvalue weighted by Gasteiger charge is -2.15. The first-order chi connectivity index (χ1) is 11.0.